The molecule has 0 bridgehead atoms. The molecule has 0 aromatic heterocycles. The van der Waals surface area contributed by atoms with Crippen LogP contribution in [0.1, 0.15) is 34.1 Å². The molecular weight excluding hydrogens is 312 g/mol. The summed E-state index contributed by atoms with van der Waals surface area (Å²) >= 11 is 1.98. The van der Waals surface area contributed by atoms with E-state index in [9.17, 15) is 9.18 Å². The number of halogens is 2. The summed E-state index contributed by atoms with van der Waals surface area (Å²) in [6.07, 6.45) is -1.05. The van der Waals surface area contributed by atoms with Crippen molar-refractivity contribution in [3.8, 4) is 0 Å². The van der Waals surface area contributed by atoms with Crippen LogP contribution in [0, 0.1) is 0 Å². The van der Waals surface area contributed by atoms with Gasteiger partial charge >= 0.3 is 6.09 Å². The molecule has 0 saturated heterocycles. The van der Waals surface area contributed by atoms with Crippen molar-refractivity contribution in [2.24, 2.45) is 0 Å². The maximum atomic E-state index is 13.0. The van der Waals surface area contributed by atoms with E-state index in [4.69, 9.17) is 4.74 Å². The van der Waals surface area contributed by atoms with Crippen LogP contribution in [0.15, 0.2) is 0 Å². The Morgan fingerprint density at radius 2 is 2.07 bits per heavy atom. The number of ether oxygens (including phenoxy) is 1. The standard InChI is InChI=1S/C10H19FINO2/c1-7(5-8(11)6-12)13-9(14)15-10(2,3)4/h7-8H,5-6H2,1-4H3,(H,13,14)/t7-,8+/m0/s1. The molecule has 0 fully saturated rings. The second-order valence-corrected chi connectivity index (χ2v) is 5.42. The fourth-order valence-corrected chi connectivity index (χ4v) is 1.37. The molecule has 0 aliphatic heterocycles. The van der Waals surface area contributed by atoms with Crippen molar-refractivity contribution in [3.63, 3.8) is 0 Å². The predicted octanol–water partition coefficient (Wildman–Crippen LogP) is 3.06. The average Bonchev–Trinajstić information content (AvgIpc) is 1.99. The third-order valence-electron chi connectivity index (χ3n) is 1.54. The van der Waals surface area contributed by atoms with Gasteiger partial charge in [-0.3, -0.25) is 0 Å². The van der Waals surface area contributed by atoms with Gasteiger partial charge in [0, 0.05) is 10.5 Å². The Bertz CT molecular complexity index is 206. The van der Waals surface area contributed by atoms with Crippen molar-refractivity contribution in [2.75, 3.05) is 4.43 Å². The van der Waals surface area contributed by atoms with Gasteiger partial charge in [-0.25, -0.2) is 9.18 Å². The molecule has 5 heteroatoms. The summed E-state index contributed by atoms with van der Waals surface area (Å²) in [6, 6.07) is -0.204. The number of alkyl halides is 2. The van der Waals surface area contributed by atoms with E-state index in [1.807, 2.05) is 22.6 Å². The van der Waals surface area contributed by atoms with E-state index < -0.39 is 17.9 Å². The van der Waals surface area contributed by atoms with Gasteiger partial charge in [-0.2, -0.15) is 0 Å². The minimum absolute atomic E-state index is 0.204. The number of carbonyl (C=O) groups is 1. The Balaban J connectivity index is 3.87. The molecular formula is C10H19FINO2. The molecule has 90 valence electrons. The third kappa shape index (κ3) is 8.89. The number of nitrogens with one attached hydrogen (secondary N) is 1. The maximum absolute atomic E-state index is 13.0. The fourth-order valence-electron chi connectivity index (χ4n) is 1.01. The highest BCUT2D eigenvalue weighted by Crippen LogP contribution is 2.09. The van der Waals surface area contributed by atoms with Crippen molar-refractivity contribution in [2.45, 2.75) is 51.9 Å². The Labute approximate surface area is 104 Å². The molecule has 3 nitrogen and oxygen atoms in total. The van der Waals surface area contributed by atoms with Gasteiger partial charge in [0.15, 0.2) is 0 Å². The molecule has 0 radical (unpaired) electrons. The first-order valence-electron chi connectivity index (χ1n) is 4.94. The van der Waals surface area contributed by atoms with Crippen LogP contribution >= 0.6 is 22.6 Å². The van der Waals surface area contributed by atoms with Gasteiger partial charge in [0.05, 0.1) is 0 Å². The first-order chi connectivity index (χ1) is 6.74. The topological polar surface area (TPSA) is 38.3 Å². The summed E-state index contributed by atoms with van der Waals surface area (Å²) in [4.78, 5) is 11.3. The largest absolute Gasteiger partial charge is 0.444 e. The zero-order valence-electron chi connectivity index (χ0n) is 9.64. The molecule has 0 rings (SSSR count). The van der Waals surface area contributed by atoms with Gasteiger partial charge in [-0.1, -0.05) is 22.6 Å². The zero-order valence-corrected chi connectivity index (χ0v) is 11.8. The minimum Gasteiger partial charge on any atom is -0.444 e. The van der Waals surface area contributed by atoms with E-state index in [1.54, 1.807) is 27.7 Å². The average molecular weight is 331 g/mol. The van der Waals surface area contributed by atoms with Crippen molar-refractivity contribution < 1.29 is 13.9 Å². The molecule has 15 heavy (non-hydrogen) atoms. The highest BCUT2D eigenvalue weighted by atomic mass is 127. The van der Waals surface area contributed by atoms with Crippen molar-refractivity contribution in [1.82, 2.24) is 5.32 Å². The van der Waals surface area contributed by atoms with Gasteiger partial charge in [0.25, 0.3) is 0 Å². The smallest absolute Gasteiger partial charge is 0.407 e. The quantitative estimate of drug-likeness (QED) is 0.635. The van der Waals surface area contributed by atoms with Crippen molar-refractivity contribution >= 4 is 28.7 Å². The lowest BCUT2D eigenvalue weighted by molar-refractivity contribution is 0.0502. The van der Waals surface area contributed by atoms with E-state index in [0.717, 1.165) is 0 Å². The molecule has 0 saturated carbocycles. The second kappa shape index (κ2) is 6.50. The van der Waals surface area contributed by atoms with E-state index in [0.29, 0.717) is 10.8 Å². The summed E-state index contributed by atoms with van der Waals surface area (Å²) < 4.78 is 18.5. The van der Waals surface area contributed by atoms with Crippen LogP contribution in [0.25, 0.3) is 0 Å². The Morgan fingerprint density at radius 3 is 2.47 bits per heavy atom. The molecule has 0 aromatic carbocycles. The van der Waals surface area contributed by atoms with E-state index in [2.05, 4.69) is 5.32 Å². The van der Waals surface area contributed by atoms with Crippen molar-refractivity contribution in [1.29, 1.82) is 0 Å². The molecule has 1 amide bonds. The van der Waals surface area contributed by atoms with Crippen LogP contribution in [-0.2, 0) is 4.74 Å². The van der Waals surface area contributed by atoms with Crippen LogP contribution in [-0.4, -0.2) is 28.3 Å². The van der Waals surface area contributed by atoms with Crippen LogP contribution in [0.2, 0.25) is 0 Å². The summed E-state index contributed by atoms with van der Waals surface area (Å²) in [6.45, 7) is 7.14. The molecule has 0 heterocycles. The molecule has 0 aliphatic carbocycles. The Hall–Kier alpha value is -0.0700. The molecule has 1 N–H and O–H groups in total. The number of hydrogen-bond acceptors (Lipinski definition) is 2. The number of carbonyl (C=O) groups excluding carboxylic acids is 1. The van der Waals surface area contributed by atoms with E-state index in [1.165, 1.54) is 0 Å². The van der Waals surface area contributed by atoms with Gasteiger partial charge in [-0.15, -0.1) is 0 Å². The third-order valence-corrected chi connectivity index (χ3v) is 2.50. The van der Waals surface area contributed by atoms with Crippen LogP contribution in [0.5, 0.6) is 0 Å². The number of rotatable bonds is 4. The lowest BCUT2D eigenvalue weighted by Crippen LogP contribution is -2.38. The van der Waals surface area contributed by atoms with Crippen LogP contribution in [0.4, 0.5) is 9.18 Å². The molecule has 0 aromatic rings. The summed E-state index contributed by atoms with van der Waals surface area (Å²) in [5, 5.41) is 2.60. The van der Waals surface area contributed by atoms with Crippen LogP contribution < -0.4 is 5.32 Å². The number of amides is 1. The van der Waals surface area contributed by atoms with E-state index in [-0.39, 0.29) is 6.04 Å². The monoisotopic (exact) mass is 331 g/mol. The fraction of sp³-hybridized carbons (Fsp3) is 0.900. The predicted molar refractivity (Wildman–Crippen MR) is 67.2 cm³/mol. The highest BCUT2D eigenvalue weighted by molar-refractivity contribution is 14.1. The Kier molecular flexibility index (Phi) is 6.47. The number of hydrogen-bond donors (Lipinski definition) is 1. The van der Waals surface area contributed by atoms with Crippen LogP contribution in [0.3, 0.4) is 0 Å². The highest BCUT2D eigenvalue weighted by Gasteiger charge is 2.19. The first kappa shape index (κ1) is 14.9. The molecule has 0 unspecified atom stereocenters. The molecule has 0 spiro atoms. The lowest BCUT2D eigenvalue weighted by atomic mass is 10.2. The first-order valence-corrected chi connectivity index (χ1v) is 6.46. The second-order valence-electron chi connectivity index (χ2n) is 4.53. The SMILES string of the molecule is C[C@@H](C[C@@H](F)CI)NC(=O)OC(C)(C)C. The van der Waals surface area contributed by atoms with Gasteiger partial charge in [-0.05, 0) is 34.1 Å². The summed E-state index contributed by atoms with van der Waals surface area (Å²) in [5.41, 5.74) is -0.512. The Morgan fingerprint density at radius 1 is 1.53 bits per heavy atom. The zero-order chi connectivity index (χ0) is 12.1. The van der Waals surface area contributed by atoms with Gasteiger partial charge in [0.1, 0.15) is 11.8 Å². The van der Waals surface area contributed by atoms with Gasteiger partial charge in [0.2, 0.25) is 0 Å². The molecule has 0 aliphatic rings. The normalized spacial score (nSPS) is 15.6. The minimum atomic E-state index is -0.879. The summed E-state index contributed by atoms with van der Waals surface area (Å²) in [7, 11) is 0. The number of alkyl carbamates (subject to hydrolysis) is 1. The van der Waals surface area contributed by atoms with Crippen molar-refractivity contribution in [3.05, 3.63) is 0 Å². The van der Waals surface area contributed by atoms with E-state index >= 15 is 0 Å². The maximum Gasteiger partial charge on any atom is 0.407 e. The molecule has 2 atom stereocenters. The van der Waals surface area contributed by atoms with Gasteiger partial charge < -0.3 is 10.1 Å². The lowest BCUT2D eigenvalue weighted by Gasteiger charge is -2.22. The summed E-state index contributed by atoms with van der Waals surface area (Å²) in [5.74, 6) is 0.